The first-order valence-electron chi connectivity index (χ1n) is 10.2. The molecule has 0 saturated heterocycles. The van der Waals surface area contributed by atoms with Gasteiger partial charge in [0.1, 0.15) is 5.82 Å². The fourth-order valence-corrected chi connectivity index (χ4v) is 4.19. The molecule has 1 unspecified atom stereocenters. The summed E-state index contributed by atoms with van der Waals surface area (Å²) < 4.78 is 0. The average molecular weight is 367 g/mol. The second-order valence-electron chi connectivity index (χ2n) is 8.16. The highest BCUT2D eigenvalue weighted by Gasteiger charge is 2.38. The van der Waals surface area contributed by atoms with Gasteiger partial charge in [0.05, 0.1) is 18.8 Å². The Kier molecular flexibility index (Phi) is 4.89. The summed E-state index contributed by atoms with van der Waals surface area (Å²) >= 11 is 0. The molecule has 4 bridgehead atoms. The summed E-state index contributed by atoms with van der Waals surface area (Å²) in [7, 11) is 0. The fraction of sp³-hybridized carbons (Fsp3) is 0.571. The monoisotopic (exact) mass is 367 g/mol. The van der Waals surface area contributed by atoms with E-state index in [1.165, 1.54) is 12.8 Å². The number of carbonyl (C=O) groups is 1. The third-order valence-electron chi connectivity index (χ3n) is 6.20. The lowest BCUT2D eigenvalue weighted by atomic mass is 9.80. The minimum absolute atomic E-state index is 0.270. The molecule has 1 amide bonds. The molecule has 4 heterocycles. The molecule has 6 nitrogen and oxygen atoms in total. The van der Waals surface area contributed by atoms with E-state index in [4.69, 9.17) is 4.98 Å². The lowest BCUT2D eigenvalue weighted by molar-refractivity contribution is -0.142. The highest BCUT2D eigenvalue weighted by atomic mass is 16.2. The number of nitrogens with one attached hydrogen (secondary N) is 2. The lowest BCUT2D eigenvalue weighted by Crippen LogP contribution is -2.39. The highest BCUT2D eigenvalue weighted by molar-refractivity contribution is 5.83. The maximum atomic E-state index is 13.3. The van der Waals surface area contributed by atoms with Gasteiger partial charge in [-0.05, 0) is 37.8 Å². The largest absolute Gasteiger partial charge is 0.332 e. The molecule has 1 atom stereocenters. The molecule has 27 heavy (non-hydrogen) atoms. The van der Waals surface area contributed by atoms with Crippen molar-refractivity contribution < 1.29 is 4.79 Å². The summed E-state index contributed by atoms with van der Waals surface area (Å²) in [5.41, 5.74) is 2.97. The number of aryl methyl sites for hydroxylation is 1. The van der Waals surface area contributed by atoms with Crippen molar-refractivity contribution >= 4 is 17.5 Å². The van der Waals surface area contributed by atoms with Crippen molar-refractivity contribution in [3.8, 4) is 0 Å². The van der Waals surface area contributed by atoms with Gasteiger partial charge in [0.15, 0.2) is 5.82 Å². The van der Waals surface area contributed by atoms with Crippen LogP contribution in [0.15, 0.2) is 18.2 Å². The predicted molar refractivity (Wildman–Crippen MR) is 106 cm³/mol. The average Bonchev–Trinajstić information content (AvgIpc) is 3.25. The third kappa shape index (κ3) is 3.57. The Morgan fingerprint density at radius 3 is 2.89 bits per heavy atom. The van der Waals surface area contributed by atoms with Crippen molar-refractivity contribution in [3.63, 3.8) is 0 Å². The van der Waals surface area contributed by atoms with E-state index >= 15 is 0 Å². The molecule has 0 saturated carbocycles. The van der Waals surface area contributed by atoms with Crippen LogP contribution in [-0.2, 0) is 24.3 Å². The van der Waals surface area contributed by atoms with E-state index in [1.54, 1.807) is 0 Å². The first kappa shape index (κ1) is 18.0. The number of nitrogens with zero attached hydrogens (tertiary/aromatic N) is 3. The molecule has 0 aliphatic carbocycles. The number of aromatic nitrogens is 3. The van der Waals surface area contributed by atoms with Crippen molar-refractivity contribution in [2.75, 3.05) is 5.32 Å². The van der Waals surface area contributed by atoms with E-state index in [2.05, 4.69) is 35.4 Å². The molecular formula is C21H29N5O. The molecular weight excluding hydrogens is 338 g/mol. The van der Waals surface area contributed by atoms with Crippen LogP contribution in [0.1, 0.15) is 69.3 Å². The maximum absolute atomic E-state index is 13.3. The summed E-state index contributed by atoms with van der Waals surface area (Å²) in [6.45, 7) is 5.50. The Morgan fingerprint density at radius 1 is 1.19 bits per heavy atom. The van der Waals surface area contributed by atoms with Crippen LogP contribution in [0.4, 0.5) is 11.6 Å². The Labute approximate surface area is 160 Å². The van der Waals surface area contributed by atoms with Crippen LogP contribution < -0.4 is 5.32 Å². The van der Waals surface area contributed by atoms with Gasteiger partial charge in [0.2, 0.25) is 5.91 Å². The standard InChI is InChI=1S/C21H29N5O/c1-3-21(2)12-7-5-4-6-9-15-10-8-11-18(22-15)23-19-16-13-26(20(21)27)14-17(16)24-25-19/h8,10-11H,3-7,9,12-14H2,1-2H3,(H2,22,23,24,25). The minimum Gasteiger partial charge on any atom is -0.332 e. The van der Waals surface area contributed by atoms with Gasteiger partial charge in [-0.3, -0.25) is 9.89 Å². The quantitative estimate of drug-likeness (QED) is 0.787. The third-order valence-corrected chi connectivity index (χ3v) is 6.20. The minimum atomic E-state index is -0.270. The Morgan fingerprint density at radius 2 is 2.04 bits per heavy atom. The molecule has 0 spiro atoms. The van der Waals surface area contributed by atoms with E-state index < -0.39 is 0 Å². The van der Waals surface area contributed by atoms with Crippen LogP contribution in [0.3, 0.4) is 0 Å². The second-order valence-corrected chi connectivity index (χ2v) is 8.16. The molecule has 2 aliphatic rings. The molecule has 144 valence electrons. The highest BCUT2D eigenvalue weighted by Crippen LogP contribution is 2.36. The smallest absolute Gasteiger partial charge is 0.229 e. The summed E-state index contributed by atoms with van der Waals surface area (Å²) in [4.78, 5) is 20.0. The predicted octanol–water partition coefficient (Wildman–Crippen LogP) is 4.31. The number of anilines is 2. The summed E-state index contributed by atoms with van der Waals surface area (Å²) in [6.07, 6.45) is 7.44. The number of H-pyrrole nitrogens is 1. The van der Waals surface area contributed by atoms with Crippen molar-refractivity contribution in [2.24, 2.45) is 5.41 Å². The van der Waals surface area contributed by atoms with Crippen LogP contribution in [-0.4, -0.2) is 26.0 Å². The SMILES string of the molecule is CCC1(C)CCCCCCc2cccc(n2)Nc2n[nH]c3c2CN(C3)C1=O. The van der Waals surface area contributed by atoms with Gasteiger partial charge >= 0.3 is 0 Å². The Bertz CT molecular complexity index is 830. The zero-order chi connectivity index (χ0) is 18.9. The Hall–Kier alpha value is -2.37. The summed E-state index contributed by atoms with van der Waals surface area (Å²) in [5, 5.41) is 10.9. The number of carbonyl (C=O) groups excluding carboxylic acids is 1. The number of amides is 1. The van der Waals surface area contributed by atoms with E-state index in [-0.39, 0.29) is 11.3 Å². The van der Waals surface area contributed by atoms with Crippen LogP contribution in [0.25, 0.3) is 0 Å². The number of pyridine rings is 1. The van der Waals surface area contributed by atoms with Gasteiger partial charge in [-0.15, -0.1) is 0 Å². The molecule has 2 N–H and O–H groups in total. The van der Waals surface area contributed by atoms with Gasteiger partial charge < -0.3 is 10.2 Å². The van der Waals surface area contributed by atoms with Crippen molar-refractivity contribution in [1.82, 2.24) is 20.1 Å². The van der Waals surface area contributed by atoms with Crippen molar-refractivity contribution in [2.45, 2.75) is 71.9 Å². The number of aromatic amines is 1. The first-order valence-corrected chi connectivity index (χ1v) is 10.2. The molecule has 4 rings (SSSR count). The van der Waals surface area contributed by atoms with Gasteiger partial charge in [-0.2, -0.15) is 5.10 Å². The fourth-order valence-electron chi connectivity index (χ4n) is 4.19. The molecule has 6 heteroatoms. The van der Waals surface area contributed by atoms with Gasteiger partial charge in [-0.25, -0.2) is 4.98 Å². The molecule has 2 aliphatic heterocycles. The second kappa shape index (κ2) is 7.33. The summed E-state index contributed by atoms with van der Waals surface area (Å²) in [6, 6.07) is 6.11. The molecule has 0 radical (unpaired) electrons. The molecule has 0 aromatic carbocycles. The van der Waals surface area contributed by atoms with Gasteiger partial charge in [0, 0.05) is 16.7 Å². The zero-order valence-electron chi connectivity index (χ0n) is 16.3. The number of fused-ring (bicyclic) bond motifs is 3. The Balaban J connectivity index is 1.63. The van der Waals surface area contributed by atoms with Crippen LogP contribution >= 0.6 is 0 Å². The summed E-state index contributed by atoms with van der Waals surface area (Å²) in [5.74, 6) is 1.88. The molecule has 0 fully saturated rings. The van der Waals surface area contributed by atoms with Crippen LogP contribution in [0.5, 0.6) is 0 Å². The van der Waals surface area contributed by atoms with Crippen LogP contribution in [0.2, 0.25) is 0 Å². The van der Waals surface area contributed by atoms with Crippen molar-refractivity contribution in [3.05, 3.63) is 35.2 Å². The van der Waals surface area contributed by atoms with Crippen molar-refractivity contribution in [1.29, 1.82) is 0 Å². The molecule has 2 aromatic rings. The lowest BCUT2D eigenvalue weighted by Gasteiger charge is -2.32. The number of hydrogen-bond donors (Lipinski definition) is 2. The first-order chi connectivity index (χ1) is 13.1. The van der Waals surface area contributed by atoms with E-state index in [0.717, 1.165) is 60.7 Å². The molecule has 2 aromatic heterocycles. The van der Waals surface area contributed by atoms with E-state index in [1.807, 2.05) is 17.0 Å². The maximum Gasteiger partial charge on any atom is 0.229 e. The van der Waals surface area contributed by atoms with E-state index in [0.29, 0.717) is 13.1 Å². The number of hydrogen-bond acceptors (Lipinski definition) is 4. The zero-order valence-corrected chi connectivity index (χ0v) is 16.3. The van der Waals surface area contributed by atoms with Crippen LogP contribution in [0, 0.1) is 5.41 Å². The normalized spacial score (nSPS) is 23.3. The number of rotatable bonds is 1. The van der Waals surface area contributed by atoms with Gasteiger partial charge in [0.25, 0.3) is 0 Å². The van der Waals surface area contributed by atoms with Gasteiger partial charge in [-0.1, -0.05) is 39.2 Å². The van der Waals surface area contributed by atoms with E-state index in [9.17, 15) is 4.79 Å². The topological polar surface area (TPSA) is 73.9 Å².